The second kappa shape index (κ2) is 5.69. The average Bonchev–Trinajstić information content (AvgIpc) is 2.39. The topological polar surface area (TPSA) is 101 Å². The summed E-state index contributed by atoms with van der Waals surface area (Å²) in [5.74, 6) is -0.354. The third-order valence-corrected chi connectivity index (χ3v) is 2.83. The number of hydrogen-bond donors (Lipinski definition) is 5. The van der Waals surface area contributed by atoms with E-state index in [-0.39, 0.29) is 28.3 Å². The van der Waals surface area contributed by atoms with Crippen molar-refractivity contribution >= 4 is 24.7 Å². The zero-order valence-corrected chi connectivity index (χ0v) is 10.4. The van der Waals surface area contributed by atoms with Crippen molar-refractivity contribution in [3.8, 4) is 17.2 Å². The van der Waals surface area contributed by atoms with E-state index < -0.39 is 7.12 Å². The number of hydrogen-bond acceptors (Lipinski definition) is 5. The third kappa shape index (κ3) is 2.93. The summed E-state index contributed by atoms with van der Waals surface area (Å²) < 4.78 is 0. The molecule has 0 saturated heterocycles. The van der Waals surface area contributed by atoms with Gasteiger partial charge in [-0.25, -0.2) is 0 Å². The minimum absolute atomic E-state index is 0.0198. The van der Waals surface area contributed by atoms with Crippen LogP contribution in [0.1, 0.15) is 11.1 Å². The Morgan fingerprint density at radius 2 is 1.45 bits per heavy atom. The maximum atomic E-state index is 9.63. The number of phenols is 3. The van der Waals surface area contributed by atoms with Gasteiger partial charge in [0.25, 0.3) is 0 Å². The van der Waals surface area contributed by atoms with Gasteiger partial charge >= 0.3 is 7.12 Å². The van der Waals surface area contributed by atoms with Crippen LogP contribution in [0.3, 0.4) is 0 Å². The quantitative estimate of drug-likeness (QED) is 0.417. The van der Waals surface area contributed by atoms with Crippen molar-refractivity contribution in [2.75, 3.05) is 0 Å². The second-order valence-corrected chi connectivity index (χ2v) is 4.24. The Morgan fingerprint density at radius 1 is 0.800 bits per heavy atom. The zero-order valence-electron chi connectivity index (χ0n) is 10.4. The van der Waals surface area contributed by atoms with Crippen molar-refractivity contribution in [3.05, 3.63) is 47.5 Å². The molecule has 5 N–H and O–H groups in total. The highest BCUT2D eigenvalue weighted by atomic mass is 16.4. The molecular weight excluding hydrogens is 259 g/mol. The predicted molar refractivity (Wildman–Crippen MR) is 76.6 cm³/mol. The van der Waals surface area contributed by atoms with Crippen molar-refractivity contribution in [1.29, 1.82) is 0 Å². The first-order valence-corrected chi connectivity index (χ1v) is 5.87. The molecule has 2 aromatic carbocycles. The van der Waals surface area contributed by atoms with E-state index in [2.05, 4.69) is 0 Å². The number of phenolic OH excluding ortho intramolecular Hbond substituents is 3. The van der Waals surface area contributed by atoms with Gasteiger partial charge in [-0.3, -0.25) is 0 Å². The van der Waals surface area contributed by atoms with Gasteiger partial charge in [-0.2, -0.15) is 0 Å². The van der Waals surface area contributed by atoms with Gasteiger partial charge in [0.05, 0.1) is 5.56 Å². The molecule has 0 heterocycles. The molecule has 0 spiro atoms. The Morgan fingerprint density at radius 3 is 2.05 bits per heavy atom. The van der Waals surface area contributed by atoms with Crippen LogP contribution in [0, 0.1) is 0 Å². The molecule has 2 aromatic rings. The van der Waals surface area contributed by atoms with Crippen LogP contribution in [0.25, 0.3) is 12.2 Å². The first-order valence-electron chi connectivity index (χ1n) is 5.87. The van der Waals surface area contributed by atoms with E-state index in [0.717, 1.165) is 0 Å². The fraction of sp³-hybridized carbons (Fsp3) is 0. The van der Waals surface area contributed by atoms with Gasteiger partial charge in [-0.1, -0.05) is 24.3 Å². The molecule has 0 aliphatic carbocycles. The van der Waals surface area contributed by atoms with Crippen molar-refractivity contribution in [1.82, 2.24) is 0 Å². The van der Waals surface area contributed by atoms with Crippen molar-refractivity contribution in [2.45, 2.75) is 0 Å². The molecule has 0 amide bonds. The summed E-state index contributed by atoms with van der Waals surface area (Å²) in [7, 11) is -1.78. The average molecular weight is 272 g/mol. The molecule has 0 unspecified atom stereocenters. The summed E-state index contributed by atoms with van der Waals surface area (Å²) in [4.78, 5) is 0. The lowest BCUT2D eigenvalue weighted by Crippen LogP contribution is -2.30. The molecule has 0 aliphatic rings. The number of rotatable bonds is 3. The standard InChI is InChI=1S/C14H13BO5/c16-12-2-1-3-13(17)10(12)6-4-9-5-7-14(18)11(8-9)15(19)20/h1-8,16-20H/b6-4+. The van der Waals surface area contributed by atoms with Crippen LogP contribution >= 0.6 is 0 Å². The third-order valence-electron chi connectivity index (χ3n) is 2.83. The first kappa shape index (κ1) is 14.0. The van der Waals surface area contributed by atoms with Crippen LogP contribution in [-0.4, -0.2) is 32.5 Å². The van der Waals surface area contributed by atoms with E-state index in [4.69, 9.17) is 10.0 Å². The number of aromatic hydroxyl groups is 3. The summed E-state index contributed by atoms with van der Waals surface area (Å²) >= 11 is 0. The normalized spacial score (nSPS) is 10.9. The smallest absolute Gasteiger partial charge is 0.492 e. The molecule has 102 valence electrons. The highest BCUT2D eigenvalue weighted by Gasteiger charge is 2.15. The molecule has 5 nitrogen and oxygen atoms in total. The minimum atomic E-state index is -1.78. The lowest BCUT2D eigenvalue weighted by atomic mass is 9.79. The van der Waals surface area contributed by atoms with Crippen molar-refractivity contribution in [2.24, 2.45) is 0 Å². The number of benzene rings is 2. The Bertz CT molecular complexity index is 632. The van der Waals surface area contributed by atoms with Crippen LogP contribution in [0.4, 0.5) is 0 Å². The van der Waals surface area contributed by atoms with E-state index in [1.54, 1.807) is 12.1 Å². The van der Waals surface area contributed by atoms with Gasteiger partial charge in [0, 0.05) is 5.46 Å². The molecule has 0 fully saturated rings. The maximum Gasteiger partial charge on any atom is 0.492 e. The first-order chi connectivity index (χ1) is 9.49. The molecule has 20 heavy (non-hydrogen) atoms. The minimum Gasteiger partial charge on any atom is -0.508 e. The Kier molecular flexibility index (Phi) is 3.98. The Balaban J connectivity index is 2.35. The van der Waals surface area contributed by atoms with Crippen LogP contribution in [0.5, 0.6) is 17.2 Å². The van der Waals surface area contributed by atoms with Crippen LogP contribution in [-0.2, 0) is 0 Å². The van der Waals surface area contributed by atoms with Gasteiger partial charge < -0.3 is 25.4 Å². The van der Waals surface area contributed by atoms with Crippen molar-refractivity contribution in [3.63, 3.8) is 0 Å². The SMILES string of the molecule is OB(O)c1cc(/C=C/c2c(O)cccc2O)ccc1O. The highest BCUT2D eigenvalue weighted by Crippen LogP contribution is 2.28. The molecule has 0 atom stereocenters. The molecule has 6 heteroatoms. The van der Waals surface area contributed by atoms with Gasteiger partial charge in [-0.15, -0.1) is 0 Å². The van der Waals surface area contributed by atoms with E-state index in [0.29, 0.717) is 5.56 Å². The largest absolute Gasteiger partial charge is 0.508 e. The predicted octanol–water partition coefficient (Wildman–Crippen LogP) is 0.654. The fourth-order valence-electron chi connectivity index (χ4n) is 1.77. The lowest BCUT2D eigenvalue weighted by Gasteiger charge is -2.05. The molecule has 0 radical (unpaired) electrons. The molecule has 0 saturated carbocycles. The summed E-state index contributed by atoms with van der Waals surface area (Å²) in [6.07, 6.45) is 3.06. The van der Waals surface area contributed by atoms with Crippen LogP contribution < -0.4 is 5.46 Å². The Hall–Kier alpha value is -2.44. The molecule has 0 aliphatic heterocycles. The van der Waals surface area contributed by atoms with E-state index in [1.165, 1.54) is 36.4 Å². The van der Waals surface area contributed by atoms with Crippen LogP contribution in [0.15, 0.2) is 36.4 Å². The van der Waals surface area contributed by atoms with Gasteiger partial charge in [0.2, 0.25) is 0 Å². The summed E-state index contributed by atoms with van der Waals surface area (Å²) in [5.41, 5.74) is 0.814. The molecule has 0 bridgehead atoms. The molecule has 0 aromatic heterocycles. The Labute approximate surface area is 115 Å². The van der Waals surface area contributed by atoms with E-state index in [9.17, 15) is 15.3 Å². The molecule has 2 rings (SSSR count). The lowest BCUT2D eigenvalue weighted by molar-refractivity contribution is 0.419. The highest BCUT2D eigenvalue weighted by molar-refractivity contribution is 6.59. The van der Waals surface area contributed by atoms with E-state index >= 15 is 0 Å². The van der Waals surface area contributed by atoms with E-state index in [1.807, 2.05) is 0 Å². The summed E-state index contributed by atoms with van der Waals surface area (Å²) in [6, 6.07) is 8.70. The summed E-state index contributed by atoms with van der Waals surface area (Å²) in [6.45, 7) is 0. The summed E-state index contributed by atoms with van der Waals surface area (Å²) in [5, 5.41) is 46.9. The van der Waals surface area contributed by atoms with Crippen molar-refractivity contribution < 1.29 is 25.4 Å². The van der Waals surface area contributed by atoms with Crippen LogP contribution in [0.2, 0.25) is 0 Å². The monoisotopic (exact) mass is 272 g/mol. The maximum absolute atomic E-state index is 9.63. The van der Waals surface area contributed by atoms with Gasteiger partial charge in [0.1, 0.15) is 17.2 Å². The van der Waals surface area contributed by atoms with Gasteiger partial charge in [0.15, 0.2) is 0 Å². The second-order valence-electron chi connectivity index (χ2n) is 4.24. The fourth-order valence-corrected chi connectivity index (χ4v) is 1.77. The molecular formula is C14H13BO5. The van der Waals surface area contributed by atoms with Gasteiger partial charge in [-0.05, 0) is 29.8 Å². The zero-order chi connectivity index (χ0) is 14.7.